The van der Waals surface area contributed by atoms with Gasteiger partial charge in [0.05, 0.1) is 0 Å². The van der Waals surface area contributed by atoms with E-state index in [0.29, 0.717) is 17.5 Å². The monoisotopic (exact) mass is 717 g/mol. The Balaban J connectivity index is 1.05. The minimum Gasteiger partial charge on any atom is -0.456 e. The quantitative estimate of drug-likeness (QED) is 0.171. The van der Waals surface area contributed by atoms with Crippen LogP contribution in [0.4, 0.5) is 0 Å². The lowest BCUT2D eigenvalue weighted by atomic mass is 9.99. The van der Waals surface area contributed by atoms with Crippen LogP contribution in [-0.2, 0) is 0 Å². The summed E-state index contributed by atoms with van der Waals surface area (Å²) in [4.78, 5) is 15.2. The lowest BCUT2D eigenvalue weighted by Gasteiger charge is -2.09. The molecule has 0 unspecified atom stereocenters. The van der Waals surface area contributed by atoms with Crippen molar-refractivity contribution in [3.63, 3.8) is 0 Å². The van der Waals surface area contributed by atoms with E-state index >= 15 is 0 Å². The molecule has 0 aliphatic heterocycles. The van der Waals surface area contributed by atoms with Crippen molar-refractivity contribution < 1.29 is 8.83 Å². The molecule has 0 fully saturated rings. The predicted molar refractivity (Wildman–Crippen MR) is 227 cm³/mol. The van der Waals surface area contributed by atoms with Crippen LogP contribution in [0.25, 0.3) is 111 Å². The summed E-state index contributed by atoms with van der Waals surface area (Å²) in [5.41, 5.74) is 12.6. The van der Waals surface area contributed by atoms with Crippen molar-refractivity contribution in [1.29, 1.82) is 0 Å². The average molecular weight is 718 g/mol. The van der Waals surface area contributed by atoms with Crippen LogP contribution >= 0.6 is 0 Å². The van der Waals surface area contributed by atoms with Crippen molar-refractivity contribution in [2.45, 2.75) is 0 Å². The van der Waals surface area contributed by atoms with Crippen molar-refractivity contribution in [2.75, 3.05) is 0 Å². The second kappa shape index (κ2) is 13.0. The first-order chi connectivity index (χ1) is 27.7. The smallest absolute Gasteiger partial charge is 0.164 e. The van der Waals surface area contributed by atoms with Gasteiger partial charge >= 0.3 is 0 Å². The van der Waals surface area contributed by atoms with Gasteiger partial charge in [-0.05, 0) is 75.8 Å². The molecule has 56 heavy (non-hydrogen) atoms. The van der Waals surface area contributed by atoms with Crippen LogP contribution in [0.3, 0.4) is 0 Å². The molecule has 0 N–H and O–H groups in total. The number of hydrogen-bond acceptors (Lipinski definition) is 5. The largest absolute Gasteiger partial charge is 0.456 e. The fourth-order valence-corrected chi connectivity index (χ4v) is 7.76. The van der Waals surface area contributed by atoms with E-state index in [-0.39, 0.29) is 0 Å². The first-order valence-corrected chi connectivity index (χ1v) is 18.7. The van der Waals surface area contributed by atoms with Gasteiger partial charge in [-0.1, -0.05) is 146 Å². The Morgan fingerprint density at radius 2 is 0.679 bits per heavy atom. The van der Waals surface area contributed by atoms with Gasteiger partial charge in [-0.25, -0.2) is 15.0 Å². The Labute approximate surface area is 322 Å². The van der Waals surface area contributed by atoms with E-state index in [0.717, 1.165) is 93.9 Å². The summed E-state index contributed by atoms with van der Waals surface area (Å²) >= 11 is 0. The van der Waals surface area contributed by atoms with Gasteiger partial charge in [-0.2, -0.15) is 0 Å². The van der Waals surface area contributed by atoms with Gasteiger partial charge in [0.15, 0.2) is 17.5 Å². The molecule has 11 aromatic rings. The highest BCUT2D eigenvalue weighted by Crippen LogP contribution is 2.39. The predicted octanol–water partition coefficient (Wildman–Crippen LogP) is 13.7. The third-order valence-corrected chi connectivity index (χ3v) is 10.6. The minimum absolute atomic E-state index is 0.556. The van der Waals surface area contributed by atoms with Crippen LogP contribution in [0.1, 0.15) is 0 Å². The summed E-state index contributed by atoms with van der Waals surface area (Å²) in [5.74, 6) is 1.69. The third-order valence-electron chi connectivity index (χ3n) is 10.6. The van der Waals surface area contributed by atoms with Crippen molar-refractivity contribution in [3.8, 4) is 67.5 Å². The normalized spacial score (nSPS) is 11.6. The summed E-state index contributed by atoms with van der Waals surface area (Å²) in [6.45, 7) is 0. The van der Waals surface area contributed by atoms with E-state index in [2.05, 4.69) is 146 Å². The topological polar surface area (TPSA) is 65.0 Å². The molecule has 8 aromatic carbocycles. The van der Waals surface area contributed by atoms with E-state index in [1.165, 1.54) is 0 Å². The molecule has 5 nitrogen and oxygen atoms in total. The van der Waals surface area contributed by atoms with E-state index in [9.17, 15) is 0 Å². The SMILES string of the molecule is c1ccc(-c2ccc(-c3nc(-c4ccc5c(c4)oc4cc(-c6ccccc6)ccc45)nc(-c4ccc5c(c4)oc4cccc(-c6ccccc6)c45)n3)cc2)cc1. The van der Waals surface area contributed by atoms with Gasteiger partial charge < -0.3 is 8.83 Å². The molecule has 0 spiro atoms. The zero-order valence-corrected chi connectivity index (χ0v) is 30.1. The lowest BCUT2D eigenvalue weighted by Crippen LogP contribution is -2.00. The molecule has 0 aliphatic rings. The van der Waals surface area contributed by atoms with E-state index in [4.69, 9.17) is 23.8 Å². The highest BCUT2D eigenvalue weighted by Gasteiger charge is 2.18. The second-order valence-electron chi connectivity index (χ2n) is 14.0. The van der Waals surface area contributed by atoms with Crippen molar-refractivity contribution in [2.24, 2.45) is 0 Å². The zero-order chi connectivity index (χ0) is 37.0. The van der Waals surface area contributed by atoms with Gasteiger partial charge in [0, 0.05) is 38.2 Å². The lowest BCUT2D eigenvalue weighted by molar-refractivity contribution is 0.669. The molecule has 3 aromatic heterocycles. The molecular weight excluding hydrogens is 687 g/mol. The Bertz CT molecular complexity index is 3220. The zero-order valence-electron chi connectivity index (χ0n) is 30.1. The summed E-state index contributed by atoms with van der Waals surface area (Å²) in [7, 11) is 0. The Morgan fingerprint density at radius 3 is 1.29 bits per heavy atom. The number of benzene rings is 8. The summed E-state index contributed by atoms with van der Waals surface area (Å²) in [6, 6.07) is 64.6. The molecule has 0 radical (unpaired) electrons. The first kappa shape index (κ1) is 31.9. The maximum atomic E-state index is 6.50. The van der Waals surface area contributed by atoms with E-state index < -0.39 is 0 Å². The summed E-state index contributed by atoms with van der Waals surface area (Å²) < 4.78 is 13.0. The fourth-order valence-electron chi connectivity index (χ4n) is 7.76. The molecule has 0 saturated heterocycles. The molecule has 3 heterocycles. The number of nitrogens with zero attached hydrogens (tertiary/aromatic N) is 3. The van der Waals surface area contributed by atoms with Crippen molar-refractivity contribution >= 4 is 43.9 Å². The van der Waals surface area contributed by atoms with Crippen LogP contribution in [0.15, 0.2) is 197 Å². The van der Waals surface area contributed by atoms with Gasteiger partial charge in [0.2, 0.25) is 0 Å². The van der Waals surface area contributed by atoms with Gasteiger partial charge in [-0.3, -0.25) is 0 Å². The third kappa shape index (κ3) is 5.53. The molecule has 0 atom stereocenters. The molecule has 0 saturated carbocycles. The Morgan fingerprint density at radius 1 is 0.268 bits per heavy atom. The number of furan rings is 2. The molecule has 0 aliphatic carbocycles. The number of fused-ring (bicyclic) bond motifs is 6. The van der Waals surface area contributed by atoms with Gasteiger partial charge in [0.1, 0.15) is 22.3 Å². The molecule has 11 rings (SSSR count). The number of aromatic nitrogens is 3. The molecule has 0 bridgehead atoms. The highest BCUT2D eigenvalue weighted by molar-refractivity contribution is 6.13. The molecular formula is C51H31N3O2. The van der Waals surface area contributed by atoms with Gasteiger partial charge in [0.25, 0.3) is 0 Å². The van der Waals surface area contributed by atoms with Gasteiger partial charge in [-0.15, -0.1) is 0 Å². The van der Waals surface area contributed by atoms with Crippen LogP contribution < -0.4 is 0 Å². The van der Waals surface area contributed by atoms with Crippen LogP contribution in [-0.4, -0.2) is 15.0 Å². The van der Waals surface area contributed by atoms with E-state index in [1.807, 2.05) is 42.5 Å². The van der Waals surface area contributed by atoms with Crippen LogP contribution in [0.2, 0.25) is 0 Å². The van der Waals surface area contributed by atoms with Crippen molar-refractivity contribution in [3.05, 3.63) is 188 Å². The molecule has 262 valence electrons. The summed E-state index contributed by atoms with van der Waals surface area (Å²) in [6.07, 6.45) is 0. The van der Waals surface area contributed by atoms with Crippen molar-refractivity contribution in [1.82, 2.24) is 15.0 Å². The second-order valence-corrected chi connectivity index (χ2v) is 14.0. The van der Waals surface area contributed by atoms with E-state index in [1.54, 1.807) is 0 Å². The maximum Gasteiger partial charge on any atom is 0.164 e. The minimum atomic E-state index is 0.556. The fraction of sp³-hybridized carbons (Fsp3) is 0. The van der Waals surface area contributed by atoms with Crippen LogP contribution in [0.5, 0.6) is 0 Å². The molecule has 5 heteroatoms. The molecule has 0 amide bonds. The highest BCUT2D eigenvalue weighted by atomic mass is 16.3. The standard InChI is InChI=1S/C51H31N3O2/c1-4-11-32(12-5-1)34-19-21-36(22-20-34)49-52-50(38-24-27-42-41-26-23-37(33-13-6-2-7-14-33)29-45(41)56-46(42)30-38)54-51(53-49)39-25-28-43-47(31-39)55-44-18-10-17-40(48(43)44)35-15-8-3-9-16-35/h1-31H. The summed E-state index contributed by atoms with van der Waals surface area (Å²) in [5, 5.41) is 4.24. The maximum absolute atomic E-state index is 6.50. The number of rotatable bonds is 6. The first-order valence-electron chi connectivity index (χ1n) is 18.7. The Kier molecular flexibility index (Phi) is 7.42. The van der Waals surface area contributed by atoms with Crippen LogP contribution in [0, 0.1) is 0 Å². The number of hydrogen-bond donors (Lipinski definition) is 0. The average Bonchev–Trinajstić information content (AvgIpc) is 3.84. The Hall–Kier alpha value is -7.63.